The first kappa shape index (κ1) is 26.0. The number of likely N-dealkylation sites (tertiary alicyclic amines) is 1. The van der Waals surface area contributed by atoms with Gasteiger partial charge in [-0.05, 0) is 67.9 Å². The van der Waals surface area contributed by atoms with Gasteiger partial charge in [0.25, 0.3) is 11.7 Å². The van der Waals surface area contributed by atoms with Gasteiger partial charge in [0.05, 0.1) is 18.2 Å². The van der Waals surface area contributed by atoms with Crippen LogP contribution in [0.15, 0.2) is 52.5 Å². The summed E-state index contributed by atoms with van der Waals surface area (Å²) >= 11 is 3.45. The molecule has 1 aliphatic heterocycles. The first-order valence-electron chi connectivity index (χ1n) is 11.8. The number of halogens is 1. The summed E-state index contributed by atoms with van der Waals surface area (Å²) in [6, 6.07) is 12.2. The van der Waals surface area contributed by atoms with Crippen LogP contribution in [0.1, 0.15) is 49.9 Å². The van der Waals surface area contributed by atoms with Gasteiger partial charge in [-0.2, -0.15) is 0 Å². The lowest BCUT2D eigenvalue weighted by Gasteiger charge is -2.28. The van der Waals surface area contributed by atoms with Crippen LogP contribution in [0.4, 0.5) is 0 Å². The molecule has 1 aliphatic rings. The fraction of sp³-hybridized carbons (Fsp3) is 0.407. The number of aliphatic hydroxyl groups is 1. The van der Waals surface area contributed by atoms with Gasteiger partial charge in [-0.1, -0.05) is 48.8 Å². The zero-order chi connectivity index (χ0) is 24.8. The van der Waals surface area contributed by atoms with Gasteiger partial charge in [0.1, 0.15) is 11.5 Å². The Kier molecular flexibility index (Phi) is 8.91. The van der Waals surface area contributed by atoms with Crippen LogP contribution in [-0.4, -0.2) is 59.4 Å². The van der Waals surface area contributed by atoms with E-state index in [0.717, 1.165) is 35.1 Å². The Labute approximate surface area is 210 Å². The Balaban J connectivity index is 2.07. The molecule has 0 bridgehead atoms. The van der Waals surface area contributed by atoms with Crippen LogP contribution in [0, 0.1) is 6.92 Å². The molecule has 0 aliphatic carbocycles. The van der Waals surface area contributed by atoms with E-state index >= 15 is 0 Å². The molecule has 0 radical (unpaired) electrons. The topological polar surface area (TPSA) is 70.1 Å². The van der Waals surface area contributed by atoms with Crippen LogP contribution < -0.4 is 4.74 Å². The largest absolute Gasteiger partial charge is 0.507 e. The Morgan fingerprint density at radius 1 is 1.09 bits per heavy atom. The third-order valence-corrected chi connectivity index (χ3v) is 6.73. The highest BCUT2D eigenvalue weighted by Crippen LogP contribution is 2.40. The van der Waals surface area contributed by atoms with Crippen LogP contribution >= 0.6 is 15.9 Å². The smallest absolute Gasteiger partial charge is 0.295 e. The Morgan fingerprint density at radius 2 is 1.76 bits per heavy atom. The average molecular weight is 529 g/mol. The van der Waals surface area contributed by atoms with Gasteiger partial charge in [-0.25, -0.2) is 0 Å². The number of nitrogens with zero attached hydrogens (tertiary/aromatic N) is 2. The molecule has 1 amide bonds. The Bertz CT molecular complexity index is 1060. The van der Waals surface area contributed by atoms with Crippen molar-refractivity contribution in [1.29, 1.82) is 0 Å². The number of likely N-dealkylation sites (N-methyl/N-ethyl adjacent to an activating group) is 1. The molecular weight excluding hydrogens is 496 g/mol. The second kappa shape index (κ2) is 11.7. The fourth-order valence-corrected chi connectivity index (χ4v) is 4.51. The number of hydrogen-bond donors (Lipinski definition) is 1. The normalized spacial score (nSPS) is 17.6. The second-order valence-corrected chi connectivity index (χ2v) is 9.31. The molecule has 1 atom stereocenters. The van der Waals surface area contributed by atoms with Crippen LogP contribution in [-0.2, 0) is 9.59 Å². The molecule has 182 valence electrons. The molecule has 1 fully saturated rings. The molecule has 1 heterocycles. The standard InChI is InChI=1S/C27H33BrN2O4/c1-5-16-34-21-12-13-22(18(4)17-21)25(31)23-24(19-8-10-20(28)11-9-19)30(27(33)26(23)32)15-14-29(6-2)7-3/h8-13,17,24,31H,5-7,14-16H2,1-4H3/b25-23+. The fourth-order valence-electron chi connectivity index (χ4n) is 4.25. The highest BCUT2D eigenvalue weighted by Gasteiger charge is 2.46. The molecule has 1 N–H and O–H groups in total. The third kappa shape index (κ3) is 5.53. The summed E-state index contributed by atoms with van der Waals surface area (Å²) in [5, 5.41) is 11.3. The van der Waals surface area contributed by atoms with Crippen molar-refractivity contribution in [1.82, 2.24) is 9.80 Å². The van der Waals surface area contributed by atoms with Crippen molar-refractivity contribution in [2.24, 2.45) is 0 Å². The van der Waals surface area contributed by atoms with Crippen LogP contribution in [0.25, 0.3) is 5.76 Å². The zero-order valence-corrected chi connectivity index (χ0v) is 21.9. The van der Waals surface area contributed by atoms with E-state index in [2.05, 4.69) is 34.7 Å². The number of aliphatic hydroxyl groups excluding tert-OH is 1. The number of hydrogen-bond acceptors (Lipinski definition) is 5. The van der Waals surface area contributed by atoms with Gasteiger partial charge >= 0.3 is 0 Å². The summed E-state index contributed by atoms with van der Waals surface area (Å²) in [6.07, 6.45) is 0.894. The number of aryl methyl sites for hydroxylation is 1. The second-order valence-electron chi connectivity index (χ2n) is 8.40. The number of ketones is 1. The number of ether oxygens (including phenoxy) is 1. The van der Waals surface area contributed by atoms with E-state index in [9.17, 15) is 14.7 Å². The van der Waals surface area contributed by atoms with Crippen LogP contribution in [0.3, 0.4) is 0 Å². The zero-order valence-electron chi connectivity index (χ0n) is 20.3. The minimum atomic E-state index is -0.657. The van der Waals surface area contributed by atoms with Crippen molar-refractivity contribution in [2.45, 2.75) is 40.2 Å². The first-order chi connectivity index (χ1) is 16.3. The SMILES string of the molecule is CCCOc1ccc(/C(O)=C2\C(=O)C(=O)N(CCN(CC)CC)C2c2ccc(Br)cc2)c(C)c1. The van der Waals surface area contributed by atoms with E-state index in [1.54, 1.807) is 17.0 Å². The Morgan fingerprint density at radius 3 is 2.35 bits per heavy atom. The van der Waals surface area contributed by atoms with Crippen molar-refractivity contribution < 1.29 is 19.4 Å². The predicted molar refractivity (Wildman–Crippen MR) is 138 cm³/mol. The van der Waals surface area contributed by atoms with Crippen LogP contribution in [0.2, 0.25) is 0 Å². The number of carbonyl (C=O) groups is 2. The average Bonchev–Trinajstić information content (AvgIpc) is 3.08. The number of benzene rings is 2. The molecule has 0 spiro atoms. The molecule has 0 aromatic heterocycles. The van der Waals surface area contributed by atoms with E-state index in [0.29, 0.717) is 31.0 Å². The predicted octanol–water partition coefficient (Wildman–Crippen LogP) is 5.31. The summed E-state index contributed by atoms with van der Waals surface area (Å²) in [4.78, 5) is 30.2. The van der Waals surface area contributed by atoms with E-state index < -0.39 is 17.7 Å². The van der Waals surface area contributed by atoms with Crippen LogP contribution in [0.5, 0.6) is 5.75 Å². The Hall–Kier alpha value is -2.64. The molecule has 1 unspecified atom stereocenters. The van der Waals surface area contributed by atoms with Crippen molar-refractivity contribution in [3.05, 3.63) is 69.2 Å². The molecule has 34 heavy (non-hydrogen) atoms. The molecule has 0 saturated carbocycles. The van der Waals surface area contributed by atoms with E-state index in [-0.39, 0.29) is 11.3 Å². The van der Waals surface area contributed by atoms with Gasteiger partial charge in [0, 0.05) is 23.1 Å². The number of Topliss-reactive ketones (excluding diaryl/α,β-unsaturated/α-hetero) is 1. The van der Waals surface area contributed by atoms with Crippen molar-refractivity contribution >= 4 is 33.4 Å². The molecule has 1 saturated heterocycles. The maximum Gasteiger partial charge on any atom is 0.295 e. The van der Waals surface area contributed by atoms with Crippen molar-refractivity contribution in [2.75, 3.05) is 32.8 Å². The molecule has 2 aromatic carbocycles. The van der Waals surface area contributed by atoms with Gasteiger partial charge in [-0.3, -0.25) is 9.59 Å². The minimum absolute atomic E-state index is 0.122. The molecule has 6 nitrogen and oxygen atoms in total. The molecule has 2 aromatic rings. The third-order valence-electron chi connectivity index (χ3n) is 6.20. The van der Waals surface area contributed by atoms with Gasteiger partial charge in [0.2, 0.25) is 0 Å². The summed E-state index contributed by atoms with van der Waals surface area (Å²) < 4.78 is 6.59. The van der Waals surface area contributed by atoms with Gasteiger partial charge < -0.3 is 19.6 Å². The monoisotopic (exact) mass is 528 g/mol. The summed E-state index contributed by atoms with van der Waals surface area (Å²) in [6.45, 7) is 11.4. The lowest BCUT2D eigenvalue weighted by molar-refractivity contribution is -0.140. The van der Waals surface area contributed by atoms with Crippen molar-refractivity contribution in [3.63, 3.8) is 0 Å². The minimum Gasteiger partial charge on any atom is -0.507 e. The van der Waals surface area contributed by atoms with E-state index in [1.807, 2.05) is 44.2 Å². The lowest BCUT2D eigenvalue weighted by Crippen LogP contribution is -2.38. The van der Waals surface area contributed by atoms with E-state index in [4.69, 9.17) is 4.74 Å². The van der Waals surface area contributed by atoms with Gasteiger partial charge in [0.15, 0.2) is 0 Å². The highest BCUT2D eigenvalue weighted by atomic mass is 79.9. The lowest BCUT2D eigenvalue weighted by atomic mass is 9.94. The quantitative estimate of drug-likeness (QED) is 0.257. The summed E-state index contributed by atoms with van der Waals surface area (Å²) in [5.74, 6) is -0.686. The van der Waals surface area contributed by atoms with Gasteiger partial charge in [-0.15, -0.1) is 0 Å². The number of carbonyl (C=O) groups excluding carboxylic acids is 2. The maximum atomic E-state index is 13.2. The molecule has 3 rings (SSSR count). The summed E-state index contributed by atoms with van der Waals surface area (Å²) in [5.41, 5.74) is 2.20. The van der Waals surface area contributed by atoms with Crippen molar-refractivity contribution in [3.8, 4) is 5.75 Å². The van der Waals surface area contributed by atoms with E-state index in [1.165, 1.54) is 0 Å². The highest BCUT2D eigenvalue weighted by molar-refractivity contribution is 9.10. The maximum absolute atomic E-state index is 13.2. The first-order valence-corrected chi connectivity index (χ1v) is 12.6. The number of amides is 1. The summed E-state index contributed by atoms with van der Waals surface area (Å²) in [7, 11) is 0. The molecule has 7 heteroatoms. The molecular formula is C27H33BrN2O4. The number of rotatable bonds is 10.